The summed E-state index contributed by atoms with van der Waals surface area (Å²) in [5.41, 5.74) is 7.23. The maximum Gasteiger partial charge on any atom is 0.146 e. The number of rotatable bonds is 3. The second kappa shape index (κ2) is 4.58. The third-order valence-corrected chi connectivity index (χ3v) is 4.16. The van der Waals surface area contributed by atoms with Crippen LogP contribution >= 0.6 is 11.3 Å². The highest BCUT2D eigenvalue weighted by Gasteiger charge is 2.12. The summed E-state index contributed by atoms with van der Waals surface area (Å²) in [6, 6.07) is 0. The zero-order chi connectivity index (χ0) is 12.6. The molecular weight excluding hydrogens is 232 g/mol. The minimum absolute atomic E-state index is 0.608. The molecule has 0 aliphatic heterocycles. The monoisotopic (exact) mass is 250 g/mol. The summed E-state index contributed by atoms with van der Waals surface area (Å²) in [5.74, 6) is 1.41. The van der Waals surface area contributed by atoms with Gasteiger partial charge in [-0.2, -0.15) is 0 Å². The maximum absolute atomic E-state index is 6.03. The SMILES string of the molecule is CCN(C)Cc1nc(N)c2c(C)c(C)sc2n1. The van der Waals surface area contributed by atoms with Crippen molar-refractivity contribution in [1.29, 1.82) is 0 Å². The number of anilines is 1. The van der Waals surface area contributed by atoms with Crippen molar-refractivity contribution >= 4 is 27.4 Å². The highest BCUT2D eigenvalue weighted by atomic mass is 32.1. The molecule has 4 nitrogen and oxygen atoms in total. The first-order valence-corrected chi connectivity index (χ1v) is 6.55. The van der Waals surface area contributed by atoms with Crippen LogP contribution in [-0.2, 0) is 6.54 Å². The van der Waals surface area contributed by atoms with Crippen molar-refractivity contribution in [3.05, 3.63) is 16.3 Å². The fourth-order valence-corrected chi connectivity index (χ4v) is 2.81. The van der Waals surface area contributed by atoms with Crippen molar-refractivity contribution in [1.82, 2.24) is 14.9 Å². The summed E-state index contributed by atoms with van der Waals surface area (Å²) >= 11 is 1.69. The molecule has 0 radical (unpaired) electrons. The molecule has 2 N–H and O–H groups in total. The number of thiophene rings is 1. The molecule has 0 atom stereocenters. The van der Waals surface area contributed by atoms with Crippen molar-refractivity contribution in [3.8, 4) is 0 Å². The van der Waals surface area contributed by atoms with E-state index < -0.39 is 0 Å². The predicted octanol–water partition coefficient (Wildman–Crippen LogP) is 2.34. The van der Waals surface area contributed by atoms with Gasteiger partial charge in [0.25, 0.3) is 0 Å². The van der Waals surface area contributed by atoms with Gasteiger partial charge in [-0.05, 0) is 33.0 Å². The standard InChI is InChI=1S/C12H18N4S/c1-5-16(4)6-9-14-11(13)10-7(2)8(3)17-12(10)15-9/h5-6H2,1-4H3,(H2,13,14,15). The summed E-state index contributed by atoms with van der Waals surface area (Å²) in [7, 11) is 2.05. The lowest BCUT2D eigenvalue weighted by Gasteiger charge is -2.12. The van der Waals surface area contributed by atoms with E-state index in [-0.39, 0.29) is 0 Å². The van der Waals surface area contributed by atoms with E-state index in [2.05, 4.69) is 42.7 Å². The molecule has 0 bridgehead atoms. The number of hydrogen-bond acceptors (Lipinski definition) is 5. The van der Waals surface area contributed by atoms with Crippen LogP contribution in [-0.4, -0.2) is 28.5 Å². The second-order valence-corrected chi connectivity index (χ2v) is 5.52. The first kappa shape index (κ1) is 12.3. The highest BCUT2D eigenvalue weighted by Crippen LogP contribution is 2.31. The average molecular weight is 250 g/mol. The van der Waals surface area contributed by atoms with Crippen molar-refractivity contribution in [2.45, 2.75) is 27.3 Å². The van der Waals surface area contributed by atoms with E-state index in [1.54, 1.807) is 11.3 Å². The van der Waals surface area contributed by atoms with Gasteiger partial charge in [-0.3, -0.25) is 4.90 Å². The average Bonchev–Trinajstić information content (AvgIpc) is 2.54. The molecule has 0 amide bonds. The normalized spacial score (nSPS) is 11.6. The highest BCUT2D eigenvalue weighted by molar-refractivity contribution is 7.18. The summed E-state index contributed by atoms with van der Waals surface area (Å²) in [5, 5.41) is 1.02. The van der Waals surface area contributed by atoms with Gasteiger partial charge in [0.2, 0.25) is 0 Å². The molecule has 2 rings (SSSR count). The van der Waals surface area contributed by atoms with E-state index in [4.69, 9.17) is 5.73 Å². The van der Waals surface area contributed by atoms with Crippen LogP contribution in [0.2, 0.25) is 0 Å². The quantitative estimate of drug-likeness (QED) is 0.908. The largest absolute Gasteiger partial charge is 0.383 e. The zero-order valence-corrected chi connectivity index (χ0v) is 11.6. The van der Waals surface area contributed by atoms with Crippen molar-refractivity contribution in [2.75, 3.05) is 19.3 Å². The Labute approximate surface area is 105 Å². The molecule has 0 unspecified atom stereocenters. The molecule has 0 saturated carbocycles. The van der Waals surface area contributed by atoms with Gasteiger partial charge in [0.1, 0.15) is 16.5 Å². The Balaban J connectivity index is 2.49. The van der Waals surface area contributed by atoms with Crippen LogP contribution in [0, 0.1) is 13.8 Å². The third-order valence-electron chi connectivity index (χ3n) is 3.05. The Kier molecular flexibility index (Phi) is 3.31. The first-order chi connectivity index (χ1) is 8.02. The molecule has 17 heavy (non-hydrogen) atoms. The Hall–Kier alpha value is -1.20. The molecule has 92 valence electrons. The number of nitrogens with zero attached hydrogens (tertiary/aromatic N) is 3. The fraction of sp³-hybridized carbons (Fsp3) is 0.500. The number of fused-ring (bicyclic) bond motifs is 1. The number of aromatic nitrogens is 2. The lowest BCUT2D eigenvalue weighted by Crippen LogP contribution is -2.18. The van der Waals surface area contributed by atoms with E-state index in [9.17, 15) is 0 Å². The summed E-state index contributed by atoms with van der Waals surface area (Å²) in [6.45, 7) is 8.00. The van der Waals surface area contributed by atoms with Crippen LogP contribution in [0.4, 0.5) is 5.82 Å². The van der Waals surface area contributed by atoms with Crippen LogP contribution < -0.4 is 5.73 Å². The molecule has 2 aromatic rings. The Bertz CT molecular complexity index is 547. The lowest BCUT2D eigenvalue weighted by molar-refractivity contribution is 0.337. The predicted molar refractivity (Wildman–Crippen MR) is 73.3 cm³/mol. The molecule has 0 aliphatic rings. The summed E-state index contributed by atoms with van der Waals surface area (Å²) in [4.78, 5) is 13.4. The van der Waals surface area contributed by atoms with Crippen LogP contribution in [0.25, 0.3) is 10.2 Å². The van der Waals surface area contributed by atoms with Gasteiger partial charge in [-0.25, -0.2) is 9.97 Å². The van der Waals surface area contributed by atoms with Gasteiger partial charge in [-0.15, -0.1) is 11.3 Å². The molecule has 0 saturated heterocycles. The molecule has 5 heteroatoms. The molecule has 2 aromatic heterocycles. The maximum atomic E-state index is 6.03. The molecule has 0 aliphatic carbocycles. The van der Waals surface area contributed by atoms with E-state index in [0.29, 0.717) is 5.82 Å². The van der Waals surface area contributed by atoms with Crippen LogP contribution in [0.1, 0.15) is 23.2 Å². The number of nitrogen functional groups attached to an aromatic ring is 1. The topological polar surface area (TPSA) is 55.0 Å². The van der Waals surface area contributed by atoms with Crippen molar-refractivity contribution in [3.63, 3.8) is 0 Å². The molecule has 0 spiro atoms. The van der Waals surface area contributed by atoms with Crippen molar-refractivity contribution < 1.29 is 0 Å². The number of aryl methyl sites for hydroxylation is 2. The van der Waals surface area contributed by atoms with E-state index in [1.807, 2.05) is 0 Å². The van der Waals surface area contributed by atoms with Crippen LogP contribution in [0.3, 0.4) is 0 Å². The smallest absolute Gasteiger partial charge is 0.146 e. The second-order valence-electron chi connectivity index (χ2n) is 4.32. The minimum Gasteiger partial charge on any atom is -0.383 e. The molecule has 0 fully saturated rings. The van der Waals surface area contributed by atoms with E-state index in [0.717, 1.165) is 29.1 Å². The van der Waals surface area contributed by atoms with Gasteiger partial charge in [0.05, 0.1) is 11.9 Å². The molecule has 0 aromatic carbocycles. The molecule has 2 heterocycles. The number of nitrogens with two attached hydrogens (primary N) is 1. The Morgan fingerprint density at radius 3 is 2.65 bits per heavy atom. The van der Waals surface area contributed by atoms with Gasteiger partial charge in [0, 0.05) is 4.88 Å². The summed E-state index contributed by atoms with van der Waals surface area (Å²) < 4.78 is 0. The minimum atomic E-state index is 0.608. The van der Waals surface area contributed by atoms with Gasteiger partial charge in [0.15, 0.2) is 0 Å². The van der Waals surface area contributed by atoms with Gasteiger partial charge in [-0.1, -0.05) is 6.92 Å². The van der Waals surface area contributed by atoms with Crippen LogP contribution in [0.5, 0.6) is 0 Å². The third kappa shape index (κ3) is 2.25. The van der Waals surface area contributed by atoms with E-state index in [1.165, 1.54) is 10.4 Å². The molecular formula is C12H18N4S. The van der Waals surface area contributed by atoms with Crippen molar-refractivity contribution in [2.24, 2.45) is 0 Å². The lowest BCUT2D eigenvalue weighted by atomic mass is 10.2. The zero-order valence-electron chi connectivity index (χ0n) is 10.7. The van der Waals surface area contributed by atoms with Crippen LogP contribution in [0.15, 0.2) is 0 Å². The summed E-state index contributed by atoms with van der Waals surface area (Å²) in [6.07, 6.45) is 0. The van der Waals surface area contributed by atoms with Gasteiger partial charge >= 0.3 is 0 Å². The Morgan fingerprint density at radius 1 is 1.29 bits per heavy atom. The number of hydrogen-bond donors (Lipinski definition) is 1. The van der Waals surface area contributed by atoms with Gasteiger partial charge < -0.3 is 5.73 Å². The van der Waals surface area contributed by atoms with E-state index >= 15 is 0 Å². The fourth-order valence-electron chi connectivity index (χ4n) is 1.75. The first-order valence-electron chi connectivity index (χ1n) is 5.73. The Morgan fingerprint density at radius 2 is 2.00 bits per heavy atom.